The van der Waals surface area contributed by atoms with Crippen LogP contribution < -0.4 is 10.1 Å². The minimum absolute atomic E-state index is 0.0571. The van der Waals surface area contributed by atoms with Gasteiger partial charge in [-0.15, -0.1) is 10.2 Å². The maximum atomic E-state index is 14.8. The third-order valence-electron chi connectivity index (χ3n) is 6.49. The Balaban J connectivity index is 1.47. The number of aliphatic hydroxyl groups excluding tert-OH is 1. The molecular formula is C23H25F3N8O3. The third kappa shape index (κ3) is 4.41. The summed E-state index contributed by atoms with van der Waals surface area (Å²) in [5.41, 5.74) is 3.27. The number of fused-ring (bicyclic) bond motifs is 2. The first-order chi connectivity index (χ1) is 17.7. The van der Waals surface area contributed by atoms with E-state index in [4.69, 9.17) is 9.84 Å². The Hall–Kier alpha value is -3.94. The summed E-state index contributed by atoms with van der Waals surface area (Å²) in [4.78, 5) is 16.9. The molecule has 0 bridgehead atoms. The van der Waals surface area contributed by atoms with E-state index in [2.05, 4.69) is 25.7 Å². The number of halogens is 3. The predicted molar refractivity (Wildman–Crippen MR) is 127 cm³/mol. The molecule has 0 radical (unpaired) electrons. The number of carbonyl (C=O) groups is 1. The lowest BCUT2D eigenvalue weighted by atomic mass is 10.0. The number of rotatable bonds is 7. The van der Waals surface area contributed by atoms with Crippen LogP contribution in [0.5, 0.6) is 5.88 Å². The molecule has 4 aromatic rings. The number of hydrogen-bond acceptors (Lipinski definition) is 8. The molecule has 0 saturated carbocycles. The molecule has 3 aromatic heterocycles. The molecule has 1 amide bonds. The summed E-state index contributed by atoms with van der Waals surface area (Å²) in [5, 5.41) is 24.2. The van der Waals surface area contributed by atoms with Crippen LogP contribution in [-0.2, 0) is 4.79 Å². The highest BCUT2D eigenvalue weighted by atomic mass is 19.3. The third-order valence-corrected chi connectivity index (χ3v) is 6.49. The fourth-order valence-electron chi connectivity index (χ4n) is 4.51. The first-order valence-electron chi connectivity index (χ1n) is 11.6. The number of anilines is 1. The van der Waals surface area contributed by atoms with Gasteiger partial charge in [-0.1, -0.05) is 11.3 Å². The molecule has 1 aromatic carbocycles. The molecule has 196 valence electrons. The number of alkyl halides is 3. The Kier molecular flexibility index (Phi) is 6.35. The molecule has 0 aliphatic carbocycles. The molecule has 14 heteroatoms. The quantitative estimate of drug-likeness (QED) is 0.382. The van der Waals surface area contributed by atoms with Crippen molar-refractivity contribution < 1.29 is 27.8 Å². The van der Waals surface area contributed by atoms with Gasteiger partial charge in [-0.05, 0) is 37.1 Å². The molecule has 2 N–H and O–H groups in total. The smallest absolute Gasteiger partial charge is 0.285 e. The van der Waals surface area contributed by atoms with Gasteiger partial charge in [0.1, 0.15) is 24.3 Å². The number of benzene rings is 1. The topological polar surface area (TPSA) is 123 Å². The lowest BCUT2D eigenvalue weighted by Gasteiger charge is -2.38. The van der Waals surface area contributed by atoms with E-state index < -0.39 is 43.7 Å². The molecule has 1 aliphatic rings. The van der Waals surface area contributed by atoms with Crippen LogP contribution in [0.4, 0.5) is 19.1 Å². The molecule has 2 atom stereocenters. The van der Waals surface area contributed by atoms with E-state index in [9.17, 15) is 18.0 Å². The van der Waals surface area contributed by atoms with Crippen molar-refractivity contribution in [2.75, 3.05) is 38.8 Å². The largest absolute Gasteiger partial charge is 0.479 e. The average Bonchev–Trinajstić information content (AvgIpc) is 3.52. The van der Waals surface area contributed by atoms with E-state index in [1.54, 1.807) is 25.3 Å². The van der Waals surface area contributed by atoms with E-state index in [-0.39, 0.29) is 24.8 Å². The van der Waals surface area contributed by atoms with Crippen molar-refractivity contribution >= 4 is 28.4 Å². The summed E-state index contributed by atoms with van der Waals surface area (Å²) in [6.45, 7) is -0.453. The fraction of sp³-hybridized carbons (Fsp3) is 0.435. The molecule has 4 heterocycles. The van der Waals surface area contributed by atoms with Gasteiger partial charge in [0.25, 0.3) is 5.92 Å². The van der Waals surface area contributed by atoms with Crippen LogP contribution in [0, 0.1) is 0 Å². The zero-order chi connectivity index (χ0) is 26.3. The molecule has 0 spiro atoms. The molecule has 0 unspecified atom stereocenters. The number of methoxy groups -OCH3 is 1. The number of nitrogens with zero attached hydrogens (tertiary/aromatic N) is 7. The fourth-order valence-corrected chi connectivity index (χ4v) is 4.51. The van der Waals surface area contributed by atoms with Crippen LogP contribution in [0.15, 0.2) is 30.5 Å². The summed E-state index contributed by atoms with van der Waals surface area (Å²) in [7, 11) is 1.42. The van der Waals surface area contributed by atoms with Gasteiger partial charge in [0, 0.05) is 18.3 Å². The van der Waals surface area contributed by atoms with Crippen LogP contribution in [0.1, 0.15) is 19.4 Å². The Labute approximate surface area is 208 Å². The van der Waals surface area contributed by atoms with E-state index in [0.717, 1.165) is 10.5 Å². The predicted octanol–water partition coefficient (Wildman–Crippen LogP) is 2.32. The van der Waals surface area contributed by atoms with Crippen molar-refractivity contribution in [1.82, 2.24) is 34.5 Å². The van der Waals surface area contributed by atoms with Gasteiger partial charge in [0.05, 0.1) is 31.3 Å². The maximum Gasteiger partial charge on any atom is 0.285 e. The Morgan fingerprint density at radius 3 is 2.86 bits per heavy atom. The van der Waals surface area contributed by atoms with Crippen molar-refractivity contribution in [3.8, 4) is 17.0 Å². The average molecular weight is 519 g/mol. The van der Waals surface area contributed by atoms with E-state index in [1.807, 2.05) is 12.1 Å². The van der Waals surface area contributed by atoms with Crippen molar-refractivity contribution in [2.45, 2.75) is 31.4 Å². The van der Waals surface area contributed by atoms with E-state index >= 15 is 0 Å². The van der Waals surface area contributed by atoms with Crippen molar-refractivity contribution in [3.05, 3.63) is 30.5 Å². The highest BCUT2D eigenvalue weighted by Crippen LogP contribution is 2.34. The van der Waals surface area contributed by atoms with Crippen molar-refractivity contribution in [1.29, 1.82) is 0 Å². The minimum atomic E-state index is -3.26. The summed E-state index contributed by atoms with van der Waals surface area (Å²) >= 11 is 0. The van der Waals surface area contributed by atoms with Gasteiger partial charge in [-0.25, -0.2) is 22.4 Å². The second kappa shape index (κ2) is 9.50. The lowest BCUT2D eigenvalue weighted by molar-refractivity contribution is -0.145. The molecule has 5 rings (SSSR count). The highest BCUT2D eigenvalue weighted by Gasteiger charge is 2.46. The maximum absolute atomic E-state index is 14.8. The number of carbonyl (C=O) groups excluding carboxylic acids is 1. The standard InChI is InChI=1S/C23H25F3N8O3/c1-13(10-24)34-17-9-14(3-4-16(17)29-31-34)15-5-8-33-20(15)21(37-2)28-22(30-33)27-18-6-7-32(19(36)11-35)12-23(18,25)26/h3-5,8-9,13,18,35H,6-7,10-12H2,1-2H3,(H,27,30)/t13-,18-/m1/s1. The molecule has 11 nitrogen and oxygen atoms in total. The number of likely N-dealkylation sites (tertiary alicyclic amines) is 1. The Morgan fingerprint density at radius 2 is 2.16 bits per heavy atom. The molecule has 1 aliphatic heterocycles. The monoisotopic (exact) mass is 518 g/mol. The first-order valence-corrected chi connectivity index (χ1v) is 11.6. The van der Waals surface area contributed by atoms with Crippen LogP contribution in [0.3, 0.4) is 0 Å². The van der Waals surface area contributed by atoms with Crippen LogP contribution in [0.2, 0.25) is 0 Å². The van der Waals surface area contributed by atoms with Crippen LogP contribution in [0.25, 0.3) is 27.7 Å². The second-order valence-corrected chi connectivity index (χ2v) is 8.93. The lowest BCUT2D eigenvalue weighted by Crippen LogP contribution is -2.56. The summed E-state index contributed by atoms with van der Waals surface area (Å²) in [5.74, 6) is -3.90. The van der Waals surface area contributed by atoms with Gasteiger partial charge in [-0.2, -0.15) is 4.98 Å². The summed E-state index contributed by atoms with van der Waals surface area (Å²) in [6.07, 6.45) is 1.60. The molecular weight excluding hydrogens is 493 g/mol. The molecule has 1 fully saturated rings. The van der Waals surface area contributed by atoms with Gasteiger partial charge in [0.15, 0.2) is 0 Å². The molecule has 1 saturated heterocycles. The number of aliphatic hydroxyl groups is 1. The van der Waals surface area contributed by atoms with Crippen LogP contribution >= 0.6 is 0 Å². The van der Waals surface area contributed by atoms with Gasteiger partial charge in [-0.3, -0.25) is 4.79 Å². The van der Waals surface area contributed by atoms with Crippen molar-refractivity contribution in [3.63, 3.8) is 0 Å². The number of piperidine rings is 1. The molecule has 37 heavy (non-hydrogen) atoms. The van der Waals surface area contributed by atoms with Crippen molar-refractivity contribution in [2.24, 2.45) is 0 Å². The number of amides is 1. The number of aromatic nitrogens is 6. The van der Waals surface area contributed by atoms with E-state index in [1.165, 1.54) is 16.3 Å². The summed E-state index contributed by atoms with van der Waals surface area (Å²) in [6, 6.07) is 5.44. The SMILES string of the molecule is COc1nc(N[C@@H]2CCN(C(=O)CO)CC2(F)F)nn2ccc(-c3ccc4nnn([C@H](C)CF)c4c3)c12. The van der Waals surface area contributed by atoms with Crippen LogP contribution in [-0.4, -0.2) is 91.0 Å². The zero-order valence-corrected chi connectivity index (χ0v) is 20.1. The normalized spacial score (nSPS) is 18.3. The second-order valence-electron chi connectivity index (χ2n) is 8.93. The highest BCUT2D eigenvalue weighted by molar-refractivity contribution is 5.89. The summed E-state index contributed by atoms with van der Waals surface area (Å²) < 4.78 is 51.3. The number of nitrogens with one attached hydrogen (secondary N) is 1. The minimum Gasteiger partial charge on any atom is -0.479 e. The Morgan fingerprint density at radius 1 is 1.35 bits per heavy atom. The van der Waals surface area contributed by atoms with Gasteiger partial charge in [0.2, 0.25) is 17.7 Å². The first kappa shape index (κ1) is 24.7. The van der Waals surface area contributed by atoms with E-state index in [0.29, 0.717) is 22.1 Å². The van der Waals surface area contributed by atoms with Gasteiger partial charge < -0.3 is 20.1 Å². The number of ether oxygens (including phenoxy) is 1. The Bertz CT molecular complexity index is 1460. The number of hydrogen-bond donors (Lipinski definition) is 2. The van der Waals surface area contributed by atoms with Gasteiger partial charge >= 0.3 is 0 Å². The zero-order valence-electron chi connectivity index (χ0n) is 20.1.